The van der Waals surface area contributed by atoms with E-state index in [1.54, 1.807) is 34.7 Å². The van der Waals surface area contributed by atoms with Crippen LogP contribution in [0, 0.1) is 25.1 Å². The third kappa shape index (κ3) is 14.1. The minimum absolute atomic E-state index is 0.0410. The summed E-state index contributed by atoms with van der Waals surface area (Å²) in [6.07, 6.45) is 1.67. The molecule has 2 aromatic carbocycles. The molecule has 7 atom stereocenters. The van der Waals surface area contributed by atoms with Crippen molar-refractivity contribution in [3.05, 3.63) is 70.1 Å². The summed E-state index contributed by atoms with van der Waals surface area (Å²) in [6, 6.07) is 6.22. The molecular formula is C51H70FN9O9S. The molecule has 18 nitrogen and oxygen atoms in total. The van der Waals surface area contributed by atoms with Crippen LogP contribution in [0.2, 0.25) is 0 Å². The van der Waals surface area contributed by atoms with Crippen LogP contribution < -0.4 is 32.2 Å². The molecule has 8 N–H and O–H groups in total. The molecule has 3 fully saturated rings. The number of unbranched alkanes of at least 4 members (excludes halogenated alkanes) is 1. The highest BCUT2D eigenvalue weighted by molar-refractivity contribution is 7.13. The summed E-state index contributed by atoms with van der Waals surface area (Å²) in [5.74, 6) is -3.58. The molecule has 3 aliphatic rings. The Morgan fingerprint density at radius 3 is 2.37 bits per heavy atom. The summed E-state index contributed by atoms with van der Waals surface area (Å²) in [7, 11) is 0. The van der Waals surface area contributed by atoms with Crippen LogP contribution in [0.4, 0.5) is 4.39 Å². The van der Waals surface area contributed by atoms with E-state index in [-0.39, 0.29) is 82.0 Å². The number of benzene rings is 2. The number of rotatable bonds is 19. The molecule has 20 heteroatoms. The summed E-state index contributed by atoms with van der Waals surface area (Å²) in [6.45, 7) is 11.0. The Balaban J connectivity index is 1.01. The first-order valence-corrected chi connectivity index (χ1v) is 25.4. The van der Waals surface area contributed by atoms with Gasteiger partial charge in [0.2, 0.25) is 41.4 Å². The highest BCUT2D eigenvalue weighted by Crippen LogP contribution is 2.32. The van der Waals surface area contributed by atoms with Crippen LogP contribution in [0.1, 0.15) is 108 Å². The predicted molar refractivity (Wildman–Crippen MR) is 265 cm³/mol. The fraction of sp³-hybridized carbons (Fsp3) is 0.569. The third-order valence-corrected chi connectivity index (χ3v) is 14.5. The number of hydrogen-bond donors (Lipinski definition) is 6. The van der Waals surface area contributed by atoms with Gasteiger partial charge < -0.3 is 52.0 Å². The van der Waals surface area contributed by atoms with E-state index in [1.165, 1.54) is 22.8 Å². The number of carbonyl (C=O) groups is 7. The fourth-order valence-electron chi connectivity index (χ4n) is 9.66. The lowest BCUT2D eigenvalue weighted by molar-refractivity contribution is -0.144. The Bertz CT molecular complexity index is 2430. The highest BCUT2D eigenvalue weighted by Gasteiger charge is 2.46. The van der Waals surface area contributed by atoms with Crippen LogP contribution in [0.5, 0.6) is 5.75 Å². The van der Waals surface area contributed by atoms with Crippen molar-refractivity contribution in [2.75, 3.05) is 26.2 Å². The van der Waals surface area contributed by atoms with E-state index in [0.29, 0.717) is 49.8 Å². The van der Waals surface area contributed by atoms with Gasteiger partial charge in [-0.1, -0.05) is 51.1 Å². The molecule has 3 aromatic rings. The topological polar surface area (TPSA) is 260 Å². The largest absolute Gasteiger partial charge is 0.488 e. The number of halogens is 1. The Kier molecular flexibility index (Phi) is 18.3. The van der Waals surface area contributed by atoms with E-state index in [0.717, 1.165) is 21.7 Å². The molecule has 0 bridgehead atoms. The van der Waals surface area contributed by atoms with Gasteiger partial charge in [-0.25, -0.2) is 9.37 Å². The molecule has 0 saturated carbocycles. The van der Waals surface area contributed by atoms with Crippen molar-refractivity contribution >= 4 is 52.7 Å². The number of aliphatic hydroxyl groups is 1. The number of aromatic nitrogens is 1. The molecule has 0 unspecified atom stereocenters. The number of β-amino-alcohol motifs (C(OH)–C–C–N with tert-alkyl or cyclic N) is 1. The number of ether oxygens (including phenoxy) is 1. The van der Waals surface area contributed by atoms with E-state index < -0.39 is 77.1 Å². The average Bonchev–Trinajstić information content (AvgIpc) is 4.06. The number of aliphatic hydroxyl groups excluding tert-OH is 1. The number of fused-ring (bicyclic) bond motifs is 1. The van der Waals surface area contributed by atoms with Gasteiger partial charge in [-0.15, -0.1) is 11.3 Å². The van der Waals surface area contributed by atoms with Gasteiger partial charge in [0, 0.05) is 58.4 Å². The van der Waals surface area contributed by atoms with Gasteiger partial charge in [-0.3, -0.25) is 33.6 Å². The summed E-state index contributed by atoms with van der Waals surface area (Å²) in [5.41, 5.74) is 16.6. The molecule has 4 heterocycles. The lowest BCUT2D eigenvalue weighted by Gasteiger charge is -2.37. The Hall–Kier alpha value is -5.99. The van der Waals surface area contributed by atoms with Crippen molar-refractivity contribution in [3.8, 4) is 16.2 Å². The molecule has 7 amide bonds. The maximum atomic E-state index is 16.1. The fourth-order valence-corrected chi connectivity index (χ4v) is 10.5. The van der Waals surface area contributed by atoms with Gasteiger partial charge in [0.25, 0.3) is 0 Å². The average molecular weight is 1000 g/mol. The number of primary amides is 1. The van der Waals surface area contributed by atoms with Crippen LogP contribution in [0.25, 0.3) is 10.4 Å². The van der Waals surface area contributed by atoms with E-state index in [4.69, 9.17) is 16.2 Å². The van der Waals surface area contributed by atoms with Crippen LogP contribution in [0.15, 0.2) is 41.9 Å². The molecule has 1 aromatic heterocycles. The molecular weight excluding hydrogens is 934 g/mol. The van der Waals surface area contributed by atoms with Gasteiger partial charge in [0.1, 0.15) is 30.8 Å². The van der Waals surface area contributed by atoms with E-state index in [9.17, 15) is 38.7 Å². The third-order valence-electron chi connectivity index (χ3n) is 13.6. The molecule has 386 valence electrons. The van der Waals surface area contributed by atoms with Crippen LogP contribution in [-0.4, -0.2) is 135 Å². The Morgan fingerprint density at radius 1 is 0.972 bits per heavy atom. The minimum atomic E-state index is -1.00. The summed E-state index contributed by atoms with van der Waals surface area (Å²) in [5, 5.41) is 19.3. The van der Waals surface area contributed by atoms with Gasteiger partial charge in [-0.2, -0.15) is 0 Å². The molecule has 0 radical (unpaired) electrons. The number of thiazole rings is 1. The number of carbonyl (C=O) groups excluding carboxylic acids is 7. The normalized spacial score (nSPS) is 21.2. The minimum Gasteiger partial charge on any atom is -0.488 e. The predicted octanol–water partition coefficient (Wildman–Crippen LogP) is 3.16. The Labute approximate surface area is 418 Å². The summed E-state index contributed by atoms with van der Waals surface area (Å²) >= 11 is 1.55. The van der Waals surface area contributed by atoms with Crippen LogP contribution in [0.3, 0.4) is 0 Å². The van der Waals surface area contributed by atoms with Gasteiger partial charge in [0.05, 0.1) is 28.2 Å². The molecule has 71 heavy (non-hydrogen) atoms. The first-order chi connectivity index (χ1) is 33.6. The number of aryl methyl sites for hydroxylation is 3. The van der Waals surface area contributed by atoms with Crippen molar-refractivity contribution in [2.24, 2.45) is 16.9 Å². The number of likely N-dealkylation sites (tertiary alicyclic amines) is 1. The second-order valence-electron chi connectivity index (χ2n) is 20.3. The standard InChI is InChI=1S/C51H70FN9O9S/c1-29-21-34(44(52)41(22-29)70-27-35(15-18-42(54)64)57-48(67)39-17-16-36-19-20-59(31(3)62)26-38(53)49(68)61(36)39)9-7-8-10-43(65)58-46(51(4,5)6)50(69)60-25-37(63)23-40(60)47(66)55-24-32-11-13-33(14-12-32)45-30(2)56-28-71-45/h11-14,21-22,28,35-40,46,63H,7-10,15-20,23-27,53H2,1-6H3,(H2,54,64)(H,55,66)(H,57,67)(H,58,65)/t35-,36+,37+,38-,39-,40-,46+/m0/s1. The van der Waals surface area contributed by atoms with Crippen LogP contribution in [-0.2, 0) is 46.5 Å². The van der Waals surface area contributed by atoms with Crippen molar-refractivity contribution in [2.45, 2.75) is 155 Å². The summed E-state index contributed by atoms with van der Waals surface area (Å²) < 4.78 is 22.0. The number of amides is 7. The maximum Gasteiger partial charge on any atom is 0.246 e. The van der Waals surface area contributed by atoms with Gasteiger partial charge in [0.15, 0.2) is 11.6 Å². The van der Waals surface area contributed by atoms with Crippen LogP contribution >= 0.6 is 11.3 Å². The van der Waals surface area contributed by atoms with Gasteiger partial charge in [-0.05, 0) is 92.5 Å². The number of nitrogens with zero attached hydrogens (tertiary/aromatic N) is 4. The molecule has 0 spiro atoms. The highest BCUT2D eigenvalue weighted by atomic mass is 32.1. The SMILES string of the molecule is CC(=O)N1CC[C@H]2CC[C@@H](C(=O)N[C@@H](CCC(N)=O)COc3cc(C)cc(CCCCC(=O)N[C@H](C(=O)N4C[C@H](O)C[C@H]4C(=O)NCc4ccc(-c5scnc5C)cc4)C(C)(C)C)c3F)N2C(=O)[C@@H](N)C1. The van der Waals surface area contributed by atoms with Crippen molar-refractivity contribution < 1.29 is 47.8 Å². The zero-order valence-electron chi connectivity index (χ0n) is 41.6. The van der Waals surface area contributed by atoms with Crippen molar-refractivity contribution in [1.29, 1.82) is 0 Å². The first kappa shape index (κ1) is 54.3. The van der Waals surface area contributed by atoms with Crippen molar-refractivity contribution in [1.82, 2.24) is 35.6 Å². The molecule has 3 saturated heterocycles. The summed E-state index contributed by atoms with van der Waals surface area (Å²) in [4.78, 5) is 102. The molecule has 0 aliphatic carbocycles. The molecule has 6 rings (SSSR count). The zero-order chi connectivity index (χ0) is 51.7. The number of hydrogen-bond acceptors (Lipinski definition) is 12. The smallest absolute Gasteiger partial charge is 0.246 e. The Morgan fingerprint density at radius 2 is 1.70 bits per heavy atom. The zero-order valence-corrected chi connectivity index (χ0v) is 42.4. The monoisotopic (exact) mass is 1000 g/mol. The van der Waals surface area contributed by atoms with Crippen molar-refractivity contribution in [3.63, 3.8) is 0 Å². The second kappa shape index (κ2) is 24.0. The first-order valence-electron chi connectivity index (χ1n) is 24.5. The number of nitrogens with one attached hydrogen (secondary N) is 3. The second-order valence-corrected chi connectivity index (χ2v) is 21.1. The van der Waals surface area contributed by atoms with E-state index >= 15 is 4.39 Å². The molecule has 3 aliphatic heterocycles. The lowest BCUT2D eigenvalue weighted by atomic mass is 9.85. The van der Waals surface area contributed by atoms with E-state index in [1.807, 2.05) is 52.0 Å². The quantitative estimate of drug-likeness (QED) is 0.0951. The number of nitrogens with two attached hydrogens (primary N) is 2. The lowest BCUT2D eigenvalue weighted by Crippen LogP contribution is -2.59. The van der Waals surface area contributed by atoms with Gasteiger partial charge >= 0.3 is 0 Å². The van der Waals surface area contributed by atoms with E-state index in [2.05, 4.69) is 20.9 Å². The maximum absolute atomic E-state index is 16.1.